The molecular weight excluding hydrogens is 221 g/mol. The first-order valence-electron chi connectivity index (χ1n) is 5.78. The highest BCUT2D eigenvalue weighted by Gasteiger charge is 2.23. The SMILES string of the molecule is CC1COCCN1C(=O)Cc1ccc(F)cc1. The van der Waals surface area contributed by atoms with Crippen LogP contribution in [0.2, 0.25) is 0 Å². The first-order chi connectivity index (χ1) is 8.16. The van der Waals surface area contributed by atoms with E-state index in [4.69, 9.17) is 4.74 Å². The summed E-state index contributed by atoms with van der Waals surface area (Å²) in [6, 6.07) is 6.18. The van der Waals surface area contributed by atoms with E-state index < -0.39 is 0 Å². The Morgan fingerprint density at radius 3 is 2.82 bits per heavy atom. The highest BCUT2D eigenvalue weighted by molar-refractivity contribution is 5.79. The van der Waals surface area contributed by atoms with Gasteiger partial charge >= 0.3 is 0 Å². The third kappa shape index (κ3) is 3.03. The van der Waals surface area contributed by atoms with Crippen LogP contribution in [0.15, 0.2) is 24.3 Å². The summed E-state index contributed by atoms with van der Waals surface area (Å²) < 4.78 is 18.0. The van der Waals surface area contributed by atoms with Gasteiger partial charge in [-0.15, -0.1) is 0 Å². The topological polar surface area (TPSA) is 29.5 Å². The van der Waals surface area contributed by atoms with E-state index in [-0.39, 0.29) is 17.8 Å². The zero-order valence-electron chi connectivity index (χ0n) is 9.86. The molecule has 1 saturated heterocycles. The van der Waals surface area contributed by atoms with Gasteiger partial charge in [0.05, 0.1) is 25.7 Å². The average molecular weight is 237 g/mol. The number of halogens is 1. The summed E-state index contributed by atoms with van der Waals surface area (Å²) in [7, 11) is 0. The van der Waals surface area contributed by atoms with Gasteiger partial charge in [0.25, 0.3) is 0 Å². The van der Waals surface area contributed by atoms with Crippen LogP contribution in [-0.2, 0) is 16.0 Å². The monoisotopic (exact) mass is 237 g/mol. The number of amides is 1. The lowest BCUT2D eigenvalue weighted by Gasteiger charge is -2.33. The molecule has 0 spiro atoms. The Bertz CT molecular complexity index is 391. The van der Waals surface area contributed by atoms with Gasteiger partial charge in [-0.25, -0.2) is 4.39 Å². The van der Waals surface area contributed by atoms with Crippen molar-refractivity contribution in [2.45, 2.75) is 19.4 Å². The summed E-state index contributed by atoms with van der Waals surface area (Å²) in [4.78, 5) is 13.9. The molecule has 92 valence electrons. The van der Waals surface area contributed by atoms with Crippen LogP contribution in [0.3, 0.4) is 0 Å². The van der Waals surface area contributed by atoms with Gasteiger partial charge in [-0.3, -0.25) is 4.79 Å². The number of ether oxygens (including phenoxy) is 1. The molecule has 0 saturated carbocycles. The van der Waals surface area contributed by atoms with E-state index in [2.05, 4.69) is 0 Å². The molecule has 1 aromatic carbocycles. The van der Waals surface area contributed by atoms with Crippen molar-refractivity contribution in [2.24, 2.45) is 0 Å². The molecule has 1 heterocycles. The number of carbonyl (C=O) groups is 1. The lowest BCUT2D eigenvalue weighted by Crippen LogP contribution is -2.47. The van der Waals surface area contributed by atoms with Crippen LogP contribution in [0, 0.1) is 5.82 Å². The van der Waals surface area contributed by atoms with Crippen molar-refractivity contribution in [1.82, 2.24) is 4.90 Å². The molecule has 0 aromatic heterocycles. The summed E-state index contributed by atoms with van der Waals surface area (Å²) in [5.74, 6) is -0.201. The standard InChI is InChI=1S/C13H16FNO2/c1-10-9-17-7-6-15(10)13(16)8-11-2-4-12(14)5-3-11/h2-5,10H,6-9H2,1H3. The molecule has 1 aliphatic heterocycles. The summed E-state index contributed by atoms with van der Waals surface area (Å²) in [6.45, 7) is 3.80. The summed E-state index contributed by atoms with van der Waals surface area (Å²) in [5, 5.41) is 0. The van der Waals surface area contributed by atoms with Crippen molar-refractivity contribution in [2.75, 3.05) is 19.8 Å². The van der Waals surface area contributed by atoms with Gasteiger partial charge in [-0.1, -0.05) is 12.1 Å². The molecular formula is C13H16FNO2. The van der Waals surface area contributed by atoms with Crippen LogP contribution in [0.1, 0.15) is 12.5 Å². The molecule has 1 unspecified atom stereocenters. The minimum atomic E-state index is -0.277. The molecule has 1 atom stereocenters. The molecule has 4 heteroatoms. The minimum absolute atomic E-state index is 0.0763. The lowest BCUT2D eigenvalue weighted by molar-refractivity contribution is -0.138. The molecule has 0 aliphatic carbocycles. The maximum Gasteiger partial charge on any atom is 0.227 e. The van der Waals surface area contributed by atoms with Crippen molar-refractivity contribution in [1.29, 1.82) is 0 Å². The average Bonchev–Trinajstić information content (AvgIpc) is 2.32. The van der Waals surface area contributed by atoms with Crippen molar-refractivity contribution in [3.8, 4) is 0 Å². The van der Waals surface area contributed by atoms with Gasteiger partial charge in [0.1, 0.15) is 5.82 Å². The number of carbonyl (C=O) groups excluding carboxylic acids is 1. The van der Waals surface area contributed by atoms with Crippen LogP contribution in [0.5, 0.6) is 0 Å². The number of rotatable bonds is 2. The van der Waals surface area contributed by atoms with Gasteiger partial charge in [0, 0.05) is 6.54 Å². The minimum Gasteiger partial charge on any atom is -0.377 e. The molecule has 1 fully saturated rings. The smallest absolute Gasteiger partial charge is 0.227 e. The maximum absolute atomic E-state index is 12.7. The third-order valence-corrected chi connectivity index (χ3v) is 2.96. The number of hydrogen-bond donors (Lipinski definition) is 0. The molecule has 1 amide bonds. The Hall–Kier alpha value is -1.42. The predicted octanol–water partition coefficient (Wildman–Crippen LogP) is 1.62. The molecule has 1 aromatic rings. The van der Waals surface area contributed by atoms with E-state index in [9.17, 15) is 9.18 Å². The zero-order valence-corrected chi connectivity index (χ0v) is 9.86. The van der Waals surface area contributed by atoms with E-state index in [0.717, 1.165) is 5.56 Å². The molecule has 0 bridgehead atoms. The quantitative estimate of drug-likeness (QED) is 0.782. The van der Waals surface area contributed by atoms with E-state index in [0.29, 0.717) is 26.2 Å². The number of nitrogens with zero attached hydrogens (tertiary/aromatic N) is 1. The van der Waals surface area contributed by atoms with Crippen LogP contribution in [0.4, 0.5) is 4.39 Å². The molecule has 0 radical (unpaired) electrons. The van der Waals surface area contributed by atoms with E-state index >= 15 is 0 Å². The Balaban J connectivity index is 1.98. The lowest BCUT2D eigenvalue weighted by atomic mass is 10.1. The van der Waals surface area contributed by atoms with E-state index in [1.165, 1.54) is 12.1 Å². The number of benzene rings is 1. The normalized spacial score (nSPS) is 20.4. The molecule has 17 heavy (non-hydrogen) atoms. The molecule has 2 rings (SSSR count). The van der Waals surface area contributed by atoms with Gasteiger partial charge in [-0.2, -0.15) is 0 Å². The van der Waals surface area contributed by atoms with Gasteiger partial charge in [-0.05, 0) is 24.6 Å². The Morgan fingerprint density at radius 2 is 2.18 bits per heavy atom. The first kappa shape index (κ1) is 12.0. The predicted molar refractivity (Wildman–Crippen MR) is 62.1 cm³/mol. The van der Waals surface area contributed by atoms with Gasteiger partial charge in [0.2, 0.25) is 5.91 Å². The van der Waals surface area contributed by atoms with Crippen LogP contribution >= 0.6 is 0 Å². The second-order valence-electron chi connectivity index (χ2n) is 4.31. The largest absolute Gasteiger partial charge is 0.377 e. The molecule has 0 N–H and O–H groups in total. The van der Waals surface area contributed by atoms with Gasteiger partial charge < -0.3 is 9.64 Å². The van der Waals surface area contributed by atoms with Crippen molar-refractivity contribution in [3.05, 3.63) is 35.6 Å². The summed E-state index contributed by atoms with van der Waals surface area (Å²) in [6.07, 6.45) is 0.324. The Morgan fingerprint density at radius 1 is 1.47 bits per heavy atom. The van der Waals surface area contributed by atoms with E-state index in [1.54, 1.807) is 12.1 Å². The van der Waals surface area contributed by atoms with Crippen molar-refractivity contribution >= 4 is 5.91 Å². The highest BCUT2D eigenvalue weighted by atomic mass is 19.1. The summed E-state index contributed by atoms with van der Waals surface area (Å²) >= 11 is 0. The summed E-state index contributed by atoms with van der Waals surface area (Å²) in [5.41, 5.74) is 0.843. The maximum atomic E-state index is 12.7. The third-order valence-electron chi connectivity index (χ3n) is 2.96. The van der Waals surface area contributed by atoms with Crippen LogP contribution < -0.4 is 0 Å². The first-order valence-corrected chi connectivity index (χ1v) is 5.78. The number of morpholine rings is 1. The number of hydrogen-bond acceptors (Lipinski definition) is 2. The second-order valence-corrected chi connectivity index (χ2v) is 4.31. The fourth-order valence-corrected chi connectivity index (χ4v) is 1.98. The van der Waals surface area contributed by atoms with E-state index in [1.807, 2.05) is 11.8 Å². The fraction of sp³-hybridized carbons (Fsp3) is 0.462. The fourth-order valence-electron chi connectivity index (χ4n) is 1.98. The van der Waals surface area contributed by atoms with Crippen LogP contribution in [0.25, 0.3) is 0 Å². The molecule has 1 aliphatic rings. The highest BCUT2D eigenvalue weighted by Crippen LogP contribution is 2.10. The van der Waals surface area contributed by atoms with Gasteiger partial charge in [0.15, 0.2) is 0 Å². The van der Waals surface area contributed by atoms with Crippen molar-refractivity contribution in [3.63, 3.8) is 0 Å². The second kappa shape index (κ2) is 5.27. The van der Waals surface area contributed by atoms with Crippen molar-refractivity contribution < 1.29 is 13.9 Å². The van der Waals surface area contributed by atoms with Crippen LogP contribution in [-0.4, -0.2) is 36.6 Å². The molecule has 3 nitrogen and oxygen atoms in total. The zero-order chi connectivity index (χ0) is 12.3. The Kier molecular flexibility index (Phi) is 3.74. The Labute approximate surface area is 100 Å².